The number of methoxy groups -OCH3 is 1. The second-order valence-corrected chi connectivity index (χ2v) is 4.51. The molecule has 1 aromatic carbocycles. The van der Waals surface area contributed by atoms with E-state index < -0.39 is 0 Å². The summed E-state index contributed by atoms with van der Waals surface area (Å²) >= 11 is 3.40. The number of nitrogens with zero attached hydrogens (tertiary/aromatic N) is 1. The number of nitrogens with two attached hydrogens (primary N) is 1. The fourth-order valence-electron chi connectivity index (χ4n) is 1.48. The summed E-state index contributed by atoms with van der Waals surface area (Å²) in [7, 11) is 3.46. The molecule has 0 saturated heterocycles. The molecule has 2 N–H and O–H groups in total. The predicted molar refractivity (Wildman–Crippen MR) is 66.2 cm³/mol. The molecule has 0 radical (unpaired) electrons. The van der Waals surface area contributed by atoms with E-state index in [4.69, 9.17) is 10.5 Å². The molecule has 0 atom stereocenters. The molecular formula is C11H15BrN2O2. The number of primary amides is 1. The van der Waals surface area contributed by atoms with E-state index in [9.17, 15) is 4.79 Å². The van der Waals surface area contributed by atoms with Gasteiger partial charge in [-0.05, 0) is 25.2 Å². The van der Waals surface area contributed by atoms with Crippen molar-refractivity contribution in [1.82, 2.24) is 4.90 Å². The summed E-state index contributed by atoms with van der Waals surface area (Å²) in [5.41, 5.74) is 6.14. The first-order chi connectivity index (χ1) is 7.52. The molecule has 16 heavy (non-hydrogen) atoms. The Morgan fingerprint density at radius 1 is 1.56 bits per heavy atom. The summed E-state index contributed by atoms with van der Waals surface area (Å²) < 4.78 is 6.22. The molecule has 0 saturated carbocycles. The second-order valence-electron chi connectivity index (χ2n) is 3.59. The van der Waals surface area contributed by atoms with Crippen LogP contribution in [0.2, 0.25) is 0 Å². The minimum absolute atomic E-state index is 0.232. The lowest BCUT2D eigenvalue weighted by atomic mass is 10.2. The number of amides is 1. The van der Waals surface area contributed by atoms with E-state index in [1.807, 2.05) is 30.1 Å². The Morgan fingerprint density at radius 3 is 2.81 bits per heavy atom. The second kappa shape index (κ2) is 5.86. The molecule has 1 rings (SSSR count). The highest BCUT2D eigenvalue weighted by Gasteiger charge is 2.08. The minimum Gasteiger partial charge on any atom is -0.496 e. The van der Waals surface area contributed by atoms with Crippen LogP contribution < -0.4 is 10.5 Å². The van der Waals surface area contributed by atoms with Gasteiger partial charge in [-0.15, -0.1) is 0 Å². The van der Waals surface area contributed by atoms with Crippen LogP contribution in [-0.2, 0) is 11.3 Å². The highest BCUT2D eigenvalue weighted by Crippen LogP contribution is 2.23. The Bertz CT molecular complexity index is 382. The Hall–Kier alpha value is -1.07. The lowest BCUT2D eigenvalue weighted by Crippen LogP contribution is -2.30. The summed E-state index contributed by atoms with van der Waals surface area (Å²) in [5.74, 6) is 0.469. The average Bonchev–Trinajstić information content (AvgIpc) is 2.16. The van der Waals surface area contributed by atoms with Crippen molar-refractivity contribution < 1.29 is 9.53 Å². The van der Waals surface area contributed by atoms with Gasteiger partial charge in [0.15, 0.2) is 0 Å². The van der Waals surface area contributed by atoms with Gasteiger partial charge in [-0.1, -0.05) is 15.9 Å². The van der Waals surface area contributed by atoms with Gasteiger partial charge in [0.2, 0.25) is 5.91 Å². The van der Waals surface area contributed by atoms with Crippen LogP contribution in [0.1, 0.15) is 5.56 Å². The molecule has 0 aliphatic rings. The molecule has 0 spiro atoms. The van der Waals surface area contributed by atoms with Crippen molar-refractivity contribution in [2.45, 2.75) is 6.54 Å². The zero-order chi connectivity index (χ0) is 12.1. The van der Waals surface area contributed by atoms with Gasteiger partial charge in [-0.2, -0.15) is 0 Å². The number of halogens is 1. The van der Waals surface area contributed by atoms with Crippen LogP contribution in [0.5, 0.6) is 5.75 Å². The molecule has 0 bridgehead atoms. The van der Waals surface area contributed by atoms with Gasteiger partial charge in [0.05, 0.1) is 13.7 Å². The van der Waals surface area contributed by atoms with Gasteiger partial charge in [0.1, 0.15) is 5.75 Å². The first-order valence-electron chi connectivity index (χ1n) is 4.82. The van der Waals surface area contributed by atoms with Crippen molar-refractivity contribution >= 4 is 21.8 Å². The Labute approximate surface area is 103 Å². The third-order valence-electron chi connectivity index (χ3n) is 2.11. The number of hydrogen-bond donors (Lipinski definition) is 1. The SMILES string of the molecule is COc1ccc(Br)cc1CN(C)CC(N)=O. The smallest absolute Gasteiger partial charge is 0.231 e. The molecule has 4 nitrogen and oxygen atoms in total. The highest BCUT2D eigenvalue weighted by atomic mass is 79.9. The van der Waals surface area contributed by atoms with Gasteiger partial charge in [-0.3, -0.25) is 9.69 Å². The minimum atomic E-state index is -0.337. The molecule has 0 heterocycles. The van der Waals surface area contributed by atoms with Gasteiger partial charge in [-0.25, -0.2) is 0 Å². The molecule has 0 unspecified atom stereocenters. The van der Waals surface area contributed by atoms with Crippen molar-refractivity contribution in [3.05, 3.63) is 28.2 Å². The molecule has 0 aromatic heterocycles. The molecule has 0 fully saturated rings. The van der Waals surface area contributed by atoms with E-state index in [-0.39, 0.29) is 12.5 Å². The van der Waals surface area contributed by atoms with Crippen molar-refractivity contribution in [2.75, 3.05) is 20.7 Å². The van der Waals surface area contributed by atoms with Gasteiger partial charge >= 0.3 is 0 Å². The Kier molecular flexibility index (Phi) is 4.76. The predicted octanol–water partition coefficient (Wildman–Crippen LogP) is 1.37. The highest BCUT2D eigenvalue weighted by molar-refractivity contribution is 9.10. The van der Waals surface area contributed by atoms with Crippen LogP contribution in [0, 0.1) is 0 Å². The van der Waals surface area contributed by atoms with Gasteiger partial charge < -0.3 is 10.5 Å². The summed E-state index contributed by atoms with van der Waals surface area (Å²) in [6.45, 7) is 0.848. The summed E-state index contributed by atoms with van der Waals surface area (Å²) in [4.78, 5) is 12.6. The van der Waals surface area contributed by atoms with E-state index in [0.717, 1.165) is 15.8 Å². The monoisotopic (exact) mass is 286 g/mol. The van der Waals surface area contributed by atoms with Crippen molar-refractivity contribution in [2.24, 2.45) is 5.73 Å². The van der Waals surface area contributed by atoms with Crippen LogP contribution in [0.25, 0.3) is 0 Å². The largest absolute Gasteiger partial charge is 0.496 e. The molecular weight excluding hydrogens is 272 g/mol. The summed E-state index contributed by atoms with van der Waals surface area (Å²) in [6.07, 6.45) is 0. The number of rotatable bonds is 5. The molecule has 0 aliphatic carbocycles. The summed E-state index contributed by atoms with van der Waals surface area (Å²) in [6, 6.07) is 5.77. The fraction of sp³-hybridized carbons (Fsp3) is 0.364. The molecule has 1 amide bonds. The standard InChI is InChI=1S/C11H15BrN2O2/c1-14(7-11(13)15)6-8-5-9(12)3-4-10(8)16-2/h3-5H,6-7H2,1-2H3,(H2,13,15). The van der Waals surface area contributed by atoms with Crippen LogP contribution in [-0.4, -0.2) is 31.5 Å². The van der Waals surface area contributed by atoms with Crippen LogP contribution in [0.3, 0.4) is 0 Å². The first kappa shape index (κ1) is 13.0. The lowest BCUT2D eigenvalue weighted by Gasteiger charge is -2.16. The van der Waals surface area contributed by atoms with Crippen LogP contribution >= 0.6 is 15.9 Å². The van der Waals surface area contributed by atoms with Crippen molar-refractivity contribution in [3.63, 3.8) is 0 Å². The number of carbonyl (C=O) groups is 1. The number of likely N-dealkylation sites (N-methyl/N-ethyl adjacent to an activating group) is 1. The maximum absolute atomic E-state index is 10.8. The van der Waals surface area contributed by atoms with Crippen LogP contribution in [0.15, 0.2) is 22.7 Å². The maximum atomic E-state index is 10.8. The Morgan fingerprint density at radius 2 is 2.25 bits per heavy atom. The molecule has 88 valence electrons. The van der Waals surface area contributed by atoms with E-state index in [1.165, 1.54) is 0 Å². The van der Waals surface area contributed by atoms with Crippen LogP contribution in [0.4, 0.5) is 0 Å². The molecule has 0 aliphatic heterocycles. The van der Waals surface area contributed by atoms with E-state index >= 15 is 0 Å². The van der Waals surface area contributed by atoms with Gasteiger partial charge in [0, 0.05) is 16.6 Å². The third-order valence-corrected chi connectivity index (χ3v) is 2.60. The topological polar surface area (TPSA) is 55.6 Å². The number of ether oxygens (including phenoxy) is 1. The van der Waals surface area contributed by atoms with E-state index in [2.05, 4.69) is 15.9 Å². The van der Waals surface area contributed by atoms with Crippen molar-refractivity contribution in [3.8, 4) is 5.75 Å². The number of hydrogen-bond acceptors (Lipinski definition) is 3. The molecule has 5 heteroatoms. The quantitative estimate of drug-likeness (QED) is 0.890. The zero-order valence-electron chi connectivity index (χ0n) is 9.37. The average molecular weight is 287 g/mol. The maximum Gasteiger partial charge on any atom is 0.231 e. The van der Waals surface area contributed by atoms with E-state index in [1.54, 1.807) is 7.11 Å². The molecule has 1 aromatic rings. The third kappa shape index (κ3) is 3.83. The zero-order valence-corrected chi connectivity index (χ0v) is 11.0. The van der Waals surface area contributed by atoms with Crippen molar-refractivity contribution in [1.29, 1.82) is 0 Å². The first-order valence-corrected chi connectivity index (χ1v) is 5.61. The number of benzene rings is 1. The summed E-state index contributed by atoms with van der Waals surface area (Å²) in [5, 5.41) is 0. The normalized spacial score (nSPS) is 10.5. The fourth-order valence-corrected chi connectivity index (χ4v) is 1.89. The van der Waals surface area contributed by atoms with E-state index in [0.29, 0.717) is 6.54 Å². The Balaban J connectivity index is 2.78. The number of carbonyl (C=O) groups excluding carboxylic acids is 1. The lowest BCUT2D eigenvalue weighted by molar-refractivity contribution is -0.118. The van der Waals surface area contributed by atoms with Gasteiger partial charge in [0.25, 0.3) is 0 Å².